The fraction of sp³-hybridized carbons (Fsp3) is 0. The third kappa shape index (κ3) is 4.65. The van der Waals surface area contributed by atoms with Crippen LogP contribution in [0.4, 0.5) is 0 Å². The molecule has 0 rings (SSSR count). The van der Waals surface area contributed by atoms with Gasteiger partial charge in [-0.2, -0.15) is 0 Å². The Kier molecular flexibility index (Phi) is 4.66. The van der Waals surface area contributed by atoms with Crippen molar-refractivity contribution < 1.29 is 4.79 Å². The van der Waals surface area contributed by atoms with Crippen molar-refractivity contribution in [3.63, 3.8) is 0 Å². The first-order valence-corrected chi connectivity index (χ1v) is 3.48. The molecule has 0 heterocycles. The summed E-state index contributed by atoms with van der Waals surface area (Å²) in [6, 6.07) is 0. The van der Waals surface area contributed by atoms with E-state index in [1.807, 2.05) is 0 Å². The summed E-state index contributed by atoms with van der Waals surface area (Å²) >= 11 is 10.4. The number of hydrogen-bond donors (Lipinski definition) is 1. The molecule has 0 aliphatic heterocycles. The largest absolute Gasteiger partial charge is 0.389 e. The van der Waals surface area contributed by atoms with Gasteiger partial charge in [-0.25, -0.2) is 0 Å². The maximum Gasteiger partial charge on any atom is 0.252 e. The Bertz CT molecular complexity index is 227. The SMILES string of the molecule is C=C/C(=C\C=C(/N)Cl)C(=O)Cl. The number of carbonyl (C=O) groups is 1. The molecule has 0 fully saturated rings. The quantitative estimate of drug-likeness (QED) is 0.321. The molecule has 2 N–H and O–H groups in total. The van der Waals surface area contributed by atoms with Gasteiger partial charge in [0.05, 0.1) is 5.16 Å². The van der Waals surface area contributed by atoms with Crippen LogP contribution in [0.2, 0.25) is 0 Å². The van der Waals surface area contributed by atoms with Crippen molar-refractivity contribution in [1.82, 2.24) is 0 Å². The highest BCUT2D eigenvalue weighted by Crippen LogP contribution is 2.03. The summed E-state index contributed by atoms with van der Waals surface area (Å²) in [6.45, 7) is 3.37. The van der Waals surface area contributed by atoms with Crippen LogP contribution in [0.25, 0.3) is 0 Å². The lowest BCUT2D eigenvalue weighted by Crippen LogP contribution is -1.89. The van der Waals surface area contributed by atoms with Crippen LogP contribution < -0.4 is 5.73 Å². The molecule has 2 nitrogen and oxygen atoms in total. The molecular formula is C7H7Cl2NO. The minimum Gasteiger partial charge on any atom is -0.389 e. The normalized spacial score (nSPS) is 12.9. The molecule has 4 heteroatoms. The average Bonchev–Trinajstić information content (AvgIpc) is 1.87. The van der Waals surface area contributed by atoms with Gasteiger partial charge in [-0.1, -0.05) is 24.3 Å². The third-order valence-corrected chi connectivity index (χ3v) is 1.21. The second kappa shape index (κ2) is 4.99. The summed E-state index contributed by atoms with van der Waals surface area (Å²) in [5.41, 5.74) is 5.35. The van der Waals surface area contributed by atoms with Crippen molar-refractivity contribution in [3.8, 4) is 0 Å². The molecule has 0 aromatic carbocycles. The summed E-state index contributed by atoms with van der Waals surface area (Å²) < 4.78 is 0. The van der Waals surface area contributed by atoms with Gasteiger partial charge >= 0.3 is 0 Å². The van der Waals surface area contributed by atoms with Crippen LogP contribution in [0, 0.1) is 0 Å². The number of rotatable bonds is 3. The Morgan fingerprint density at radius 3 is 2.18 bits per heavy atom. The molecule has 0 unspecified atom stereocenters. The van der Waals surface area contributed by atoms with Crippen molar-refractivity contribution in [1.29, 1.82) is 0 Å². The van der Waals surface area contributed by atoms with Crippen molar-refractivity contribution in [3.05, 3.63) is 35.5 Å². The van der Waals surface area contributed by atoms with Crippen LogP contribution in [-0.2, 0) is 4.79 Å². The van der Waals surface area contributed by atoms with Crippen molar-refractivity contribution in [2.45, 2.75) is 0 Å². The Balaban J connectivity index is 4.50. The number of nitrogens with two attached hydrogens (primary N) is 1. The molecule has 0 saturated carbocycles. The Morgan fingerprint density at radius 2 is 1.91 bits per heavy atom. The Labute approximate surface area is 75.0 Å². The Hall–Kier alpha value is -0.730. The van der Waals surface area contributed by atoms with E-state index in [-0.39, 0.29) is 10.7 Å². The van der Waals surface area contributed by atoms with E-state index in [2.05, 4.69) is 6.58 Å². The molecule has 0 atom stereocenters. The van der Waals surface area contributed by atoms with Gasteiger partial charge in [0.2, 0.25) is 0 Å². The lowest BCUT2D eigenvalue weighted by Gasteiger charge is -1.88. The number of allylic oxidation sites excluding steroid dienone is 4. The van der Waals surface area contributed by atoms with Crippen molar-refractivity contribution in [2.24, 2.45) is 5.73 Å². The van der Waals surface area contributed by atoms with Crippen LogP contribution >= 0.6 is 23.2 Å². The van der Waals surface area contributed by atoms with Crippen LogP contribution in [0.5, 0.6) is 0 Å². The highest BCUT2D eigenvalue weighted by Gasteiger charge is 1.97. The van der Waals surface area contributed by atoms with Gasteiger partial charge in [0.25, 0.3) is 5.24 Å². The fourth-order valence-corrected chi connectivity index (χ4v) is 0.586. The molecule has 0 radical (unpaired) electrons. The maximum atomic E-state index is 10.5. The minimum absolute atomic E-state index is 0.0854. The number of carbonyl (C=O) groups excluding carboxylic acids is 1. The predicted molar refractivity (Wildman–Crippen MR) is 47.3 cm³/mol. The minimum atomic E-state index is -0.589. The molecule has 60 valence electrons. The lowest BCUT2D eigenvalue weighted by atomic mass is 10.3. The second-order valence-corrected chi connectivity index (χ2v) is 2.43. The van der Waals surface area contributed by atoms with Crippen LogP contribution in [0.1, 0.15) is 0 Å². The van der Waals surface area contributed by atoms with E-state index in [1.165, 1.54) is 18.2 Å². The number of hydrogen-bond acceptors (Lipinski definition) is 2. The summed E-state index contributed by atoms with van der Waals surface area (Å²) in [5.74, 6) is 0. The molecule has 0 spiro atoms. The van der Waals surface area contributed by atoms with E-state index in [0.29, 0.717) is 0 Å². The van der Waals surface area contributed by atoms with Crippen LogP contribution in [0.15, 0.2) is 35.5 Å². The van der Waals surface area contributed by atoms with Gasteiger partial charge in [-0.05, 0) is 23.8 Å². The monoisotopic (exact) mass is 191 g/mol. The van der Waals surface area contributed by atoms with E-state index in [1.54, 1.807) is 0 Å². The first kappa shape index (κ1) is 10.3. The van der Waals surface area contributed by atoms with Gasteiger partial charge in [-0.3, -0.25) is 4.79 Å². The fourth-order valence-electron chi connectivity index (χ4n) is 0.383. The highest BCUT2D eigenvalue weighted by atomic mass is 35.5. The van der Waals surface area contributed by atoms with E-state index in [9.17, 15) is 4.79 Å². The first-order valence-electron chi connectivity index (χ1n) is 2.73. The zero-order valence-electron chi connectivity index (χ0n) is 5.68. The molecular weight excluding hydrogens is 185 g/mol. The molecule has 0 aliphatic rings. The summed E-state index contributed by atoms with van der Waals surface area (Å²) in [7, 11) is 0. The smallest absolute Gasteiger partial charge is 0.252 e. The van der Waals surface area contributed by atoms with E-state index < -0.39 is 5.24 Å². The van der Waals surface area contributed by atoms with Gasteiger partial charge in [-0.15, -0.1) is 0 Å². The average molecular weight is 192 g/mol. The zero-order valence-corrected chi connectivity index (χ0v) is 7.19. The molecule has 0 bridgehead atoms. The standard InChI is InChI=1S/C7H7Cl2NO/c1-2-5(7(9)11)3-4-6(8)10/h2-4H,1,10H2/b5-3+,6-4-. The topological polar surface area (TPSA) is 43.1 Å². The highest BCUT2D eigenvalue weighted by molar-refractivity contribution is 6.68. The summed E-state index contributed by atoms with van der Waals surface area (Å²) in [5, 5.41) is -0.503. The lowest BCUT2D eigenvalue weighted by molar-refractivity contribution is -0.108. The summed E-state index contributed by atoms with van der Waals surface area (Å²) in [6.07, 6.45) is 4.08. The molecule has 0 amide bonds. The Morgan fingerprint density at radius 1 is 1.36 bits per heavy atom. The first-order chi connectivity index (χ1) is 5.07. The van der Waals surface area contributed by atoms with Crippen LogP contribution in [0.3, 0.4) is 0 Å². The summed E-state index contributed by atoms with van der Waals surface area (Å²) in [4.78, 5) is 10.5. The second-order valence-electron chi connectivity index (χ2n) is 1.65. The van der Waals surface area contributed by atoms with E-state index in [4.69, 9.17) is 28.9 Å². The molecule has 0 aliphatic carbocycles. The molecule has 0 saturated heterocycles. The maximum absolute atomic E-state index is 10.5. The zero-order chi connectivity index (χ0) is 8.85. The third-order valence-electron chi connectivity index (χ3n) is 0.869. The molecule has 11 heavy (non-hydrogen) atoms. The number of halogens is 2. The van der Waals surface area contributed by atoms with E-state index in [0.717, 1.165) is 0 Å². The predicted octanol–water partition coefficient (Wildman–Crippen LogP) is 1.90. The molecule has 0 aromatic heterocycles. The van der Waals surface area contributed by atoms with Crippen LogP contribution in [-0.4, -0.2) is 5.24 Å². The van der Waals surface area contributed by atoms with Gasteiger partial charge in [0.15, 0.2) is 0 Å². The van der Waals surface area contributed by atoms with Gasteiger partial charge in [0.1, 0.15) is 0 Å². The van der Waals surface area contributed by atoms with Gasteiger partial charge < -0.3 is 5.73 Å². The molecule has 0 aromatic rings. The van der Waals surface area contributed by atoms with Crippen molar-refractivity contribution >= 4 is 28.4 Å². The van der Waals surface area contributed by atoms with Crippen molar-refractivity contribution in [2.75, 3.05) is 0 Å². The van der Waals surface area contributed by atoms with E-state index >= 15 is 0 Å². The van der Waals surface area contributed by atoms with Gasteiger partial charge in [0, 0.05) is 5.57 Å².